The molecule has 1 fully saturated rings. The Kier molecular flexibility index (Phi) is 8.40. The Balaban J connectivity index is 1.79. The second-order valence-corrected chi connectivity index (χ2v) is 5.28. The molecule has 5 nitrogen and oxygen atoms in total. The van der Waals surface area contributed by atoms with E-state index in [2.05, 4.69) is 10.1 Å². The summed E-state index contributed by atoms with van der Waals surface area (Å²) in [5.41, 5.74) is 1.84. The molecule has 1 aromatic rings. The van der Waals surface area contributed by atoms with Gasteiger partial charge in [0.25, 0.3) is 0 Å². The Morgan fingerprint density at radius 1 is 1.26 bits per heavy atom. The van der Waals surface area contributed by atoms with Crippen molar-refractivity contribution in [3.05, 3.63) is 48.0 Å². The molecule has 126 valence electrons. The third-order valence-electron chi connectivity index (χ3n) is 3.58. The molecule has 2 rings (SSSR count). The fourth-order valence-electron chi connectivity index (χ4n) is 2.23. The van der Waals surface area contributed by atoms with Gasteiger partial charge in [-0.25, -0.2) is 0 Å². The summed E-state index contributed by atoms with van der Waals surface area (Å²) in [6.45, 7) is 8.08. The summed E-state index contributed by atoms with van der Waals surface area (Å²) in [5.74, 6) is 0. The van der Waals surface area contributed by atoms with E-state index >= 15 is 0 Å². The van der Waals surface area contributed by atoms with Crippen molar-refractivity contribution in [3.8, 4) is 0 Å². The van der Waals surface area contributed by atoms with Gasteiger partial charge in [-0.3, -0.25) is 4.90 Å². The van der Waals surface area contributed by atoms with Crippen molar-refractivity contribution in [2.45, 2.75) is 6.92 Å². The number of nitrogens with zero attached hydrogens (tertiary/aromatic N) is 2. The maximum atomic E-state index is 5.80. The van der Waals surface area contributed by atoms with Crippen LogP contribution in [0.15, 0.2) is 47.6 Å². The molecule has 5 heteroatoms. The molecule has 23 heavy (non-hydrogen) atoms. The largest absolute Gasteiger partial charge is 0.391 e. The minimum absolute atomic E-state index is 0.449. The maximum Gasteiger partial charge on any atom is 0.135 e. The summed E-state index contributed by atoms with van der Waals surface area (Å²) in [6.07, 6.45) is 3.86. The molecule has 0 unspecified atom stereocenters. The van der Waals surface area contributed by atoms with Crippen molar-refractivity contribution in [3.63, 3.8) is 0 Å². The monoisotopic (exact) mass is 318 g/mol. The van der Waals surface area contributed by atoms with Gasteiger partial charge in [0.2, 0.25) is 0 Å². The molecule has 0 radical (unpaired) electrons. The molecular formula is C18H26N2O3. The Hall–Kier alpha value is -1.69. The van der Waals surface area contributed by atoms with Crippen LogP contribution in [0, 0.1) is 0 Å². The Morgan fingerprint density at radius 3 is 2.78 bits per heavy atom. The minimum atomic E-state index is 0.449. The first-order chi connectivity index (χ1) is 11.4. The van der Waals surface area contributed by atoms with E-state index in [0.29, 0.717) is 19.8 Å². The van der Waals surface area contributed by atoms with E-state index in [-0.39, 0.29) is 0 Å². The molecule has 1 saturated heterocycles. The Morgan fingerprint density at radius 2 is 2.04 bits per heavy atom. The molecule has 0 atom stereocenters. The Labute approximate surface area is 138 Å². The van der Waals surface area contributed by atoms with Gasteiger partial charge in [0.1, 0.15) is 12.3 Å². The second-order valence-electron chi connectivity index (χ2n) is 5.28. The van der Waals surface area contributed by atoms with Gasteiger partial charge in [-0.05, 0) is 13.0 Å². The lowest BCUT2D eigenvalue weighted by molar-refractivity contribution is 0.0240. The van der Waals surface area contributed by atoms with Gasteiger partial charge in [-0.15, -0.1) is 0 Å². The molecule has 0 bridgehead atoms. The molecular weight excluding hydrogens is 292 g/mol. The molecule has 1 heterocycles. The maximum absolute atomic E-state index is 5.80. The molecule has 0 N–H and O–H groups in total. The van der Waals surface area contributed by atoms with E-state index in [4.69, 9.17) is 14.3 Å². The molecule has 0 spiro atoms. The van der Waals surface area contributed by atoms with Crippen LogP contribution in [-0.2, 0) is 14.3 Å². The molecule has 0 aliphatic carbocycles. The van der Waals surface area contributed by atoms with Crippen LogP contribution in [0.1, 0.15) is 12.5 Å². The molecule has 0 saturated carbocycles. The summed E-state index contributed by atoms with van der Waals surface area (Å²) >= 11 is 0. The van der Waals surface area contributed by atoms with E-state index in [1.807, 2.05) is 49.4 Å². The van der Waals surface area contributed by atoms with Crippen LogP contribution < -0.4 is 0 Å². The SMILES string of the molecule is C/C=C/CON=C(COCCN1CCOCC1)c1ccccc1. The summed E-state index contributed by atoms with van der Waals surface area (Å²) < 4.78 is 11.1. The van der Waals surface area contributed by atoms with Crippen LogP contribution in [0.4, 0.5) is 0 Å². The number of benzene rings is 1. The topological polar surface area (TPSA) is 43.3 Å². The number of oxime groups is 1. The second kappa shape index (κ2) is 10.9. The zero-order valence-corrected chi connectivity index (χ0v) is 13.8. The van der Waals surface area contributed by atoms with Gasteiger partial charge < -0.3 is 14.3 Å². The van der Waals surface area contributed by atoms with E-state index < -0.39 is 0 Å². The highest BCUT2D eigenvalue weighted by Crippen LogP contribution is 2.03. The van der Waals surface area contributed by atoms with Gasteiger partial charge >= 0.3 is 0 Å². The lowest BCUT2D eigenvalue weighted by atomic mass is 10.1. The van der Waals surface area contributed by atoms with E-state index in [1.165, 1.54) is 0 Å². The minimum Gasteiger partial charge on any atom is -0.391 e. The van der Waals surface area contributed by atoms with Crippen molar-refractivity contribution in [2.75, 3.05) is 52.7 Å². The normalized spacial score (nSPS) is 16.8. The van der Waals surface area contributed by atoms with Gasteiger partial charge in [0, 0.05) is 25.2 Å². The van der Waals surface area contributed by atoms with Crippen LogP contribution in [-0.4, -0.2) is 63.3 Å². The third-order valence-corrected chi connectivity index (χ3v) is 3.58. The van der Waals surface area contributed by atoms with Crippen molar-refractivity contribution < 1.29 is 14.3 Å². The highest BCUT2D eigenvalue weighted by molar-refractivity contribution is 6.01. The van der Waals surface area contributed by atoms with E-state index in [0.717, 1.165) is 44.1 Å². The summed E-state index contributed by atoms with van der Waals surface area (Å²) in [4.78, 5) is 7.68. The summed E-state index contributed by atoms with van der Waals surface area (Å²) in [6, 6.07) is 10.0. The number of allylic oxidation sites excluding steroid dienone is 1. The zero-order chi connectivity index (χ0) is 16.2. The quantitative estimate of drug-likeness (QED) is 0.303. The third kappa shape index (κ3) is 6.95. The van der Waals surface area contributed by atoms with E-state index in [9.17, 15) is 0 Å². The van der Waals surface area contributed by atoms with Crippen LogP contribution in [0.5, 0.6) is 0 Å². The first kappa shape index (κ1) is 17.7. The predicted molar refractivity (Wildman–Crippen MR) is 91.8 cm³/mol. The lowest BCUT2D eigenvalue weighted by Crippen LogP contribution is -2.38. The molecule has 0 aromatic heterocycles. The fourth-order valence-corrected chi connectivity index (χ4v) is 2.23. The first-order valence-electron chi connectivity index (χ1n) is 8.13. The highest BCUT2D eigenvalue weighted by Gasteiger charge is 2.10. The molecule has 0 amide bonds. The van der Waals surface area contributed by atoms with Gasteiger partial charge in [-0.1, -0.05) is 41.6 Å². The van der Waals surface area contributed by atoms with Crippen LogP contribution in [0.25, 0.3) is 0 Å². The summed E-state index contributed by atoms with van der Waals surface area (Å²) in [5, 5.41) is 4.22. The lowest BCUT2D eigenvalue weighted by Gasteiger charge is -2.26. The van der Waals surface area contributed by atoms with Crippen LogP contribution in [0.2, 0.25) is 0 Å². The Bertz CT molecular complexity index is 482. The number of hydrogen-bond acceptors (Lipinski definition) is 5. The van der Waals surface area contributed by atoms with Crippen LogP contribution in [0.3, 0.4) is 0 Å². The number of rotatable bonds is 9. The predicted octanol–water partition coefficient (Wildman–Crippen LogP) is 2.33. The molecule has 1 aromatic carbocycles. The van der Waals surface area contributed by atoms with Crippen molar-refractivity contribution in [2.24, 2.45) is 5.16 Å². The van der Waals surface area contributed by atoms with Gasteiger partial charge in [0.05, 0.1) is 26.4 Å². The first-order valence-corrected chi connectivity index (χ1v) is 8.13. The van der Waals surface area contributed by atoms with Crippen molar-refractivity contribution >= 4 is 5.71 Å². The average molecular weight is 318 g/mol. The molecule has 1 aliphatic heterocycles. The van der Waals surface area contributed by atoms with Gasteiger partial charge in [-0.2, -0.15) is 0 Å². The fraction of sp³-hybridized carbons (Fsp3) is 0.500. The van der Waals surface area contributed by atoms with Crippen molar-refractivity contribution in [1.82, 2.24) is 4.90 Å². The van der Waals surface area contributed by atoms with E-state index in [1.54, 1.807) is 0 Å². The summed E-state index contributed by atoms with van der Waals surface area (Å²) in [7, 11) is 0. The smallest absolute Gasteiger partial charge is 0.135 e. The zero-order valence-electron chi connectivity index (χ0n) is 13.8. The standard InChI is InChI=1S/C18H26N2O3/c1-2-3-12-23-19-18(17-7-5-4-6-8-17)16-22-15-11-20-9-13-21-14-10-20/h2-8H,9-16H2,1H3/b3-2+,19-18?. The molecule has 1 aliphatic rings. The van der Waals surface area contributed by atoms with Crippen molar-refractivity contribution in [1.29, 1.82) is 0 Å². The average Bonchev–Trinajstić information content (AvgIpc) is 2.62. The van der Waals surface area contributed by atoms with Gasteiger partial charge in [0.15, 0.2) is 0 Å². The number of hydrogen-bond donors (Lipinski definition) is 0. The number of ether oxygens (including phenoxy) is 2. The highest BCUT2D eigenvalue weighted by atomic mass is 16.6. The van der Waals surface area contributed by atoms with Crippen LogP contribution >= 0.6 is 0 Å². The number of morpholine rings is 1.